The van der Waals surface area contributed by atoms with E-state index < -0.39 is 41.2 Å². The maximum absolute atomic E-state index is 14.7. The van der Waals surface area contributed by atoms with Gasteiger partial charge in [0.05, 0.1) is 0 Å². The summed E-state index contributed by atoms with van der Waals surface area (Å²) in [6, 6.07) is 11.8. The zero-order valence-electron chi connectivity index (χ0n) is 20.1. The molecule has 0 radical (unpaired) electrons. The van der Waals surface area contributed by atoms with Crippen molar-refractivity contribution < 1.29 is 39.9 Å². The summed E-state index contributed by atoms with van der Waals surface area (Å²) in [4.78, 5) is 8.00. The Kier molecular flexibility index (Phi) is 7.98. The molecule has 202 valence electrons. The molecule has 0 unspecified atom stereocenters. The zero-order valence-corrected chi connectivity index (χ0v) is 20.1. The first-order valence-corrected chi connectivity index (χ1v) is 11.4. The summed E-state index contributed by atoms with van der Waals surface area (Å²) in [5, 5.41) is 0. The quantitative estimate of drug-likeness (QED) is 0.216. The molecule has 0 N–H and O–H groups in total. The van der Waals surface area contributed by atoms with Gasteiger partial charge in [-0.2, -0.15) is 0 Å². The molecule has 0 saturated heterocycles. The van der Waals surface area contributed by atoms with E-state index in [0.717, 1.165) is 6.92 Å². The minimum atomic E-state index is -5.26. The van der Waals surface area contributed by atoms with Crippen LogP contribution in [-0.2, 0) is 12.8 Å². The molecule has 0 amide bonds. The smallest absolute Gasteiger partial charge is 0.399 e. The highest BCUT2D eigenvalue weighted by Crippen LogP contribution is 2.32. The molecule has 4 aromatic rings. The third-order valence-electron chi connectivity index (χ3n) is 5.69. The van der Waals surface area contributed by atoms with Crippen LogP contribution in [0.3, 0.4) is 0 Å². The van der Waals surface area contributed by atoms with E-state index in [1.54, 1.807) is 24.3 Å². The number of nitrogens with zero attached hydrogens (tertiary/aromatic N) is 2. The van der Waals surface area contributed by atoms with Crippen molar-refractivity contribution in [3.8, 4) is 28.3 Å². The summed E-state index contributed by atoms with van der Waals surface area (Å²) in [6.07, 6.45) is -1.95. The van der Waals surface area contributed by atoms with Crippen LogP contribution in [0.4, 0.5) is 35.1 Å². The van der Waals surface area contributed by atoms with E-state index in [-0.39, 0.29) is 23.4 Å². The van der Waals surface area contributed by atoms with Crippen LogP contribution in [0.25, 0.3) is 28.3 Å². The Bertz CT molecular complexity index is 1490. The summed E-state index contributed by atoms with van der Waals surface area (Å²) in [6.45, 7) is 1.01. The Labute approximate surface area is 217 Å². The van der Waals surface area contributed by atoms with E-state index in [2.05, 4.69) is 14.7 Å². The van der Waals surface area contributed by atoms with Crippen molar-refractivity contribution in [2.24, 2.45) is 0 Å². The number of hydrogen-bond acceptors (Lipinski definition) is 3. The van der Waals surface area contributed by atoms with Crippen LogP contribution in [0, 0.1) is 17.5 Å². The minimum absolute atomic E-state index is 0.0758. The standard InChI is InChI=1S/C28H18F8N2O/c1-15(29)25(33)19-7-4-17(5-8-19)20-9-6-18(22(30)10-20)3-2-16-13-37-27(38-14-16)21-11-23(31)26(24(32)12-21)39-28(34,35)36/h4-14H,2-3H2,1H3. The predicted molar refractivity (Wildman–Crippen MR) is 128 cm³/mol. The summed E-state index contributed by atoms with van der Waals surface area (Å²) in [5.74, 6) is -7.22. The Morgan fingerprint density at radius 3 is 1.85 bits per heavy atom. The number of ether oxygens (including phenoxy) is 1. The van der Waals surface area contributed by atoms with Gasteiger partial charge in [-0.05, 0) is 60.2 Å². The fourth-order valence-corrected chi connectivity index (χ4v) is 3.75. The SMILES string of the molecule is CC(F)=C(F)c1ccc(-c2ccc(CCc3cnc(-c4cc(F)c(OC(F)(F)F)c(F)c4)nc3)c(F)c2)cc1. The number of alkyl halides is 3. The molecule has 1 heterocycles. The summed E-state index contributed by atoms with van der Waals surface area (Å²) in [5.41, 5.74) is 2.01. The highest BCUT2D eigenvalue weighted by molar-refractivity contribution is 5.68. The van der Waals surface area contributed by atoms with Crippen LogP contribution in [0.5, 0.6) is 5.75 Å². The normalized spacial score (nSPS) is 12.3. The zero-order chi connectivity index (χ0) is 28.3. The van der Waals surface area contributed by atoms with Gasteiger partial charge in [0, 0.05) is 23.5 Å². The Balaban J connectivity index is 1.43. The summed E-state index contributed by atoms with van der Waals surface area (Å²) in [7, 11) is 0. The third-order valence-corrected chi connectivity index (χ3v) is 5.69. The van der Waals surface area contributed by atoms with Crippen LogP contribution < -0.4 is 4.74 Å². The van der Waals surface area contributed by atoms with Gasteiger partial charge in [0.1, 0.15) is 11.6 Å². The van der Waals surface area contributed by atoms with Crippen molar-refractivity contribution in [1.82, 2.24) is 9.97 Å². The van der Waals surface area contributed by atoms with Gasteiger partial charge < -0.3 is 4.74 Å². The van der Waals surface area contributed by atoms with Crippen LogP contribution in [-0.4, -0.2) is 16.3 Å². The maximum atomic E-state index is 14.7. The van der Waals surface area contributed by atoms with Crippen molar-refractivity contribution >= 4 is 5.83 Å². The highest BCUT2D eigenvalue weighted by atomic mass is 19.4. The molecule has 3 aromatic carbocycles. The van der Waals surface area contributed by atoms with E-state index in [4.69, 9.17) is 0 Å². The average molecular weight is 550 g/mol. The Morgan fingerprint density at radius 1 is 0.744 bits per heavy atom. The molecule has 0 atom stereocenters. The van der Waals surface area contributed by atoms with Gasteiger partial charge >= 0.3 is 6.36 Å². The molecule has 4 rings (SSSR count). The third kappa shape index (κ3) is 6.78. The van der Waals surface area contributed by atoms with Crippen molar-refractivity contribution in [3.63, 3.8) is 0 Å². The van der Waals surface area contributed by atoms with Gasteiger partial charge in [0.25, 0.3) is 0 Å². The molecule has 0 spiro atoms. The van der Waals surface area contributed by atoms with Gasteiger partial charge in [0.2, 0.25) is 5.75 Å². The fourth-order valence-electron chi connectivity index (χ4n) is 3.75. The van der Waals surface area contributed by atoms with Gasteiger partial charge in [-0.25, -0.2) is 31.9 Å². The first kappa shape index (κ1) is 27.7. The lowest BCUT2D eigenvalue weighted by Gasteiger charge is -2.11. The largest absolute Gasteiger partial charge is 0.573 e. The number of halogens is 8. The molecule has 0 bridgehead atoms. The molecule has 39 heavy (non-hydrogen) atoms. The van der Waals surface area contributed by atoms with Gasteiger partial charge in [-0.1, -0.05) is 36.4 Å². The molecule has 0 aliphatic carbocycles. The fraction of sp³-hybridized carbons (Fsp3) is 0.143. The molecular formula is C28H18F8N2O. The number of allylic oxidation sites excluding steroid dienone is 1. The van der Waals surface area contributed by atoms with Gasteiger partial charge in [-0.3, -0.25) is 0 Å². The van der Waals surface area contributed by atoms with Crippen molar-refractivity contribution in [2.45, 2.75) is 26.1 Å². The molecule has 3 nitrogen and oxygen atoms in total. The first-order chi connectivity index (χ1) is 18.4. The molecule has 0 fully saturated rings. The second-order valence-electron chi connectivity index (χ2n) is 8.46. The lowest BCUT2D eigenvalue weighted by atomic mass is 9.99. The topological polar surface area (TPSA) is 35.0 Å². The number of rotatable bonds is 7. The summed E-state index contributed by atoms with van der Waals surface area (Å²) < 4.78 is 110. The van der Waals surface area contributed by atoms with Crippen molar-refractivity contribution in [1.29, 1.82) is 0 Å². The molecular weight excluding hydrogens is 532 g/mol. The van der Waals surface area contributed by atoms with E-state index >= 15 is 0 Å². The molecule has 1 aromatic heterocycles. The number of benzene rings is 3. The highest BCUT2D eigenvalue weighted by Gasteiger charge is 2.34. The van der Waals surface area contributed by atoms with E-state index in [9.17, 15) is 35.1 Å². The monoisotopic (exact) mass is 550 g/mol. The second-order valence-corrected chi connectivity index (χ2v) is 8.46. The average Bonchev–Trinajstić information content (AvgIpc) is 2.89. The van der Waals surface area contributed by atoms with E-state index in [0.29, 0.717) is 40.8 Å². The Hall–Kier alpha value is -4.28. The maximum Gasteiger partial charge on any atom is 0.573 e. The van der Waals surface area contributed by atoms with Gasteiger partial charge in [0.15, 0.2) is 23.3 Å². The van der Waals surface area contributed by atoms with Gasteiger partial charge in [-0.15, -0.1) is 13.2 Å². The lowest BCUT2D eigenvalue weighted by Crippen LogP contribution is -2.19. The number of aromatic nitrogens is 2. The first-order valence-electron chi connectivity index (χ1n) is 11.4. The van der Waals surface area contributed by atoms with E-state index in [1.165, 1.54) is 30.6 Å². The predicted octanol–water partition coefficient (Wildman–Crippen LogP) is 8.54. The Morgan fingerprint density at radius 2 is 1.31 bits per heavy atom. The van der Waals surface area contributed by atoms with Crippen molar-refractivity contribution in [3.05, 3.63) is 107 Å². The van der Waals surface area contributed by atoms with Crippen LogP contribution >= 0.6 is 0 Å². The van der Waals surface area contributed by atoms with E-state index in [1.807, 2.05) is 0 Å². The second kappa shape index (κ2) is 11.2. The van der Waals surface area contributed by atoms with Crippen LogP contribution in [0.15, 0.2) is 72.8 Å². The molecule has 0 aliphatic heterocycles. The van der Waals surface area contributed by atoms with Crippen LogP contribution in [0.1, 0.15) is 23.6 Å². The summed E-state index contributed by atoms with van der Waals surface area (Å²) >= 11 is 0. The minimum Gasteiger partial charge on any atom is -0.399 e. The lowest BCUT2D eigenvalue weighted by molar-refractivity contribution is -0.276. The molecule has 0 aliphatic rings. The molecule has 0 saturated carbocycles. The number of aryl methyl sites for hydroxylation is 2. The van der Waals surface area contributed by atoms with Crippen molar-refractivity contribution in [2.75, 3.05) is 0 Å². The van der Waals surface area contributed by atoms with Crippen LogP contribution in [0.2, 0.25) is 0 Å². The number of hydrogen-bond donors (Lipinski definition) is 0. The molecule has 11 heteroatoms.